The summed E-state index contributed by atoms with van der Waals surface area (Å²) in [5.74, 6) is 0.867. The van der Waals surface area contributed by atoms with Crippen LogP contribution in [0.3, 0.4) is 0 Å². The molecule has 0 radical (unpaired) electrons. The van der Waals surface area contributed by atoms with Crippen molar-refractivity contribution in [2.45, 2.75) is 66.2 Å². The summed E-state index contributed by atoms with van der Waals surface area (Å²) < 4.78 is 0. The van der Waals surface area contributed by atoms with Crippen molar-refractivity contribution >= 4 is 34.6 Å². The number of carbonyl (C=O) groups excluding carboxylic acids is 2. The first kappa shape index (κ1) is 34.4. The average molecular weight is 688 g/mol. The van der Waals surface area contributed by atoms with E-state index in [1.54, 1.807) is 17.3 Å². The van der Waals surface area contributed by atoms with Gasteiger partial charge >= 0.3 is 0 Å². The number of hydrogen-bond acceptors (Lipinski definition) is 7. The summed E-state index contributed by atoms with van der Waals surface area (Å²) >= 11 is 0. The number of benzene rings is 2. The maximum absolute atomic E-state index is 13.2. The van der Waals surface area contributed by atoms with E-state index in [9.17, 15) is 9.59 Å². The summed E-state index contributed by atoms with van der Waals surface area (Å²) in [6, 6.07) is 24.1. The van der Waals surface area contributed by atoms with Crippen LogP contribution in [0.5, 0.6) is 0 Å². The molecule has 6 aromatic rings. The molecule has 0 atom stereocenters. The van der Waals surface area contributed by atoms with Gasteiger partial charge in [0.2, 0.25) is 11.8 Å². The highest BCUT2D eigenvalue weighted by atomic mass is 16.2. The highest BCUT2D eigenvalue weighted by Gasteiger charge is 2.46. The molecule has 0 spiro atoms. The molecular formula is C43H41N7O2. The lowest BCUT2D eigenvalue weighted by molar-refractivity contribution is -0.122. The molecule has 8 rings (SSSR count). The first-order chi connectivity index (χ1) is 24.8. The van der Waals surface area contributed by atoms with E-state index in [0.29, 0.717) is 0 Å². The number of aryl methyl sites for hydroxylation is 4. The van der Waals surface area contributed by atoms with E-state index < -0.39 is 10.8 Å². The number of carbonyl (C=O) groups is 2. The zero-order chi connectivity index (χ0) is 36.9. The van der Waals surface area contributed by atoms with Gasteiger partial charge in [-0.3, -0.25) is 34.3 Å². The topological polar surface area (TPSA) is 105 Å². The van der Waals surface area contributed by atoms with E-state index in [2.05, 4.69) is 49.2 Å². The highest BCUT2D eigenvalue weighted by Crippen LogP contribution is 2.48. The minimum absolute atomic E-state index is 0.0514. The Morgan fingerprint density at radius 1 is 0.462 bits per heavy atom. The summed E-state index contributed by atoms with van der Waals surface area (Å²) in [7, 11) is 0. The number of amides is 2. The van der Waals surface area contributed by atoms with Crippen molar-refractivity contribution in [3.8, 4) is 22.3 Å². The van der Waals surface area contributed by atoms with Crippen LogP contribution in [0.25, 0.3) is 22.3 Å². The highest BCUT2D eigenvalue weighted by molar-refractivity contribution is 6.14. The van der Waals surface area contributed by atoms with Gasteiger partial charge in [0.1, 0.15) is 5.82 Å². The number of rotatable bonds is 4. The third-order valence-electron chi connectivity index (χ3n) is 9.95. The largest absolute Gasteiger partial charge is 0.280 e. The second kappa shape index (κ2) is 12.9. The van der Waals surface area contributed by atoms with Gasteiger partial charge in [-0.2, -0.15) is 0 Å². The van der Waals surface area contributed by atoms with E-state index in [1.807, 2.05) is 127 Å². The van der Waals surface area contributed by atoms with Crippen molar-refractivity contribution in [2.75, 3.05) is 9.80 Å². The quantitative estimate of drug-likeness (QED) is 0.182. The van der Waals surface area contributed by atoms with Crippen LogP contribution in [0.1, 0.15) is 61.7 Å². The second-order valence-corrected chi connectivity index (χ2v) is 14.5. The van der Waals surface area contributed by atoms with Crippen LogP contribution in [0.2, 0.25) is 0 Å². The Morgan fingerprint density at radius 3 is 1.48 bits per heavy atom. The van der Waals surface area contributed by atoms with Gasteiger partial charge in [-0.25, -0.2) is 9.97 Å². The van der Waals surface area contributed by atoms with Crippen molar-refractivity contribution in [2.24, 2.45) is 0 Å². The van der Waals surface area contributed by atoms with Gasteiger partial charge in [0.25, 0.3) is 0 Å². The lowest BCUT2D eigenvalue weighted by atomic mass is 9.85. The Morgan fingerprint density at radius 2 is 0.962 bits per heavy atom. The molecule has 2 aliphatic heterocycles. The summed E-state index contributed by atoms with van der Waals surface area (Å²) in [5.41, 5.74) is 11.2. The predicted octanol–water partition coefficient (Wildman–Crippen LogP) is 8.83. The molecule has 0 saturated carbocycles. The maximum Gasteiger partial charge on any atom is 0.241 e. The third kappa shape index (κ3) is 6.02. The standard InChI is InChI=1S/C22H21N3O.C21H20N4O/c1-14-5-6-17(13-24-14)16-7-8-19-20(12-16)25(21(26)22(19,3)4)18-9-10-23-15(2)11-18;1-13-5-7-17(12-22-13)25-19-9-15(16-10-23-14(2)24-11-16)6-8-18(19)21(3,4)20(25)26/h5-13H,1-4H3;5-12H,1-4H3. The van der Waals surface area contributed by atoms with E-state index in [-0.39, 0.29) is 11.8 Å². The fourth-order valence-electron chi connectivity index (χ4n) is 6.81. The van der Waals surface area contributed by atoms with Crippen molar-refractivity contribution in [3.63, 3.8) is 0 Å². The molecule has 9 nitrogen and oxygen atoms in total. The molecule has 2 amide bonds. The zero-order valence-electron chi connectivity index (χ0n) is 30.8. The summed E-state index contributed by atoms with van der Waals surface area (Å²) in [6.07, 6.45) is 8.99. The first-order valence-corrected chi connectivity index (χ1v) is 17.3. The molecule has 52 heavy (non-hydrogen) atoms. The molecule has 6 heterocycles. The monoisotopic (exact) mass is 687 g/mol. The van der Waals surface area contributed by atoms with Crippen molar-refractivity contribution in [1.29, 1.82) is 0 Å². The van der Waals surface area contributed by atoms with Gasteiger partial charge in [-0.15, -0.1) is 0 Å². The summed E-state index contributed by atoms with van der Waals surface area (Å²) in [5, 5.41) is 0. The van der Waals surface area contributed by atoms with Gasteiger partial charge in [-0.1, -0.05) is 30.3 Å². The van der Waals surface area contributed by atoms with Crippen molar-refractivity contribution < 1.29 is 9.59 Å². The van der Waals surface area contributed by atoms with Crippen LogP contribution >= 0.6 is 0 Å². The predicted molar refractivity (Wildman–Crippen MR) is 205 cm³/mol. The van der Waals surface area contributed by atoms with Gasteiger partial charge < -0.3 is 0 Å². The molecule has 0 fully saturated rings. The van der Waals surface area contributed by atoms with Gasteiger partial charge in [0.15, 0.2) is 0 Å². The lowest BCUT2D eigenvalue weighted by Crippen LogP contribution is -2.33. The normalized spacial score (nSPS) is 15.2. The van der Waals surface area contributed by atoms with Crippen LogP contribution in [-0.2, 0) is 20.4 Å². The number of nitrogens with zero attached hydrogens (tertiary/aromatic N) is 7. The maximum atomic E-state index is 13.2. The molecule has 0 aliphatic carbocycles. The van der Waals surface area contributed by atoms with E-state index in [1.165, 1.54) is 0 Å². The number of pyridine rings is 3. The Kier molecular flexibility index (Phi) is 8.53. The fourth-order valence-corrected chi connectivity index (χ4v) is 6.81. The van der Waals surface area contributed by atoms with E-state index in [0.717, 1.165) is 79.0 Å². The van der Waals surface area contributed by atoms with E-state index in [4.69, 9.17) is 0 Å². The average Bonchev–Trinajstić information content (AvgIpc) is 3.45. The number of hydrogen-bond donors (Lipinski definition) is 0. The Balaban J connectivity index is 0.000000162. The number of anilines is 4. The molecule has 0 N–H and O–H groups in total. The van der Waals surface area contributed by atoms with Crippen LogP contribution < -0.4 is 9.80 Å². The zero-order valence-corrected chi connectivity index (χ0v) is 30.8. The lowest BCUT2D eigenvalue weighted by Gasteiger charge is -2.20. The van der Waals surface area contributed by atoms with Gasteiger partial charge in [0.05, 0.1) is 39.8 Å². The minimum Gasteiger partial charge on any atom is -0.280 e. The van der Waals surface area contributed by atoms with Crippen LogP contribution in [-0.4, -0.2) is 36.7 Å². The molecule has 0 saturated heterocycles. The van der Waals surface area contributed by atoms with Gasteiger partial charge in [-0.05, 0) is 120 Å². The summed E-state index contributed by atoms with van der Waals surface area (Å²) in [4.78, 5) is 51.5. The van der Waals surface area contributed by atoms with Crippen LogP contribution in [0, 0.1) is 27.7 Å². The molecule has 9 heteroatoms. The molecule has 2 aromatic carbocycles. The molecule has 0 bridgehead atoms. The van der Waals surface area contributed by atoms with Crippen LogP contribution in [0.4, 0.5) is 22.7 Å². The SMILES string of the molecule is Cc1ccc(-c2ccc3c(c2)N(c2ccnc(C)c2)C(=O)C3(C)C)cn1.Cc1ccc(N2C(=O)C(C)(C)c3ccc(-c4cnc(C)nc4)cc32)cn1. The Hall–Kier alpha value is -6.09. The minimum atomic E-state index is -0.581. The van der Waals surface area contributed by atoms with E-state index >= 15 is 0 Å². The Bertz CT molecular complexity index is 2330. The number of aromatic nitrogens is 5. The summed E-state index contributed by atoms with van der Waals surface area (Å²) in [6.45, 7) is 15.6. The fraction of sp³-hybridized carbons (Fsp3) is 0.233. The Labute approximate surface area is 304 Å². The molecular weight excluding hydrogens is 647 g/mol. The molecule has 0 unspecified atom stereocenters. The third-order valence-corrected chi connectivity index (χ3v) is 9.95. The van der Waals surface area contributed by atoms with Gasteiger partial charge in [0, 0.05) is 53.0 Å². The van der Waals surface area contributed by atoms with Crippen molar-refractivity contribution in [3.05, 3.63) is 138 Å². The molecule has 2 aliphatic rings. The first-order valence-electron chi connectivity index (χ1n) is 17.3. The number of fused-ring (bicyclic) bond motifs is 2. The van der Waals surface area contributed by atoms with Crippen molar-refractivity contribution in [1.82, 2.24) is 24.9 Å². The molecule has 260 valence electrons. The smallest absolute Gasteiger partial charge is 0.241 e. The second-order valence-electron chi connectivity index (χ2n) is 14.5. The van der Waals surface area contributed by atoms with Crippen LogP contribution in [0.15, 0.2) is 104 Å². The molecule has 4 aromatic heterocycles.